The monoisotopic (exact) mass is 612 g/mol. The fraction of sp³-hybridized carbons (Fsp3) is 0.406. The molecule has 10 heteroatoms. The Labute approximate surface area is 251 Å². The lowest BCUT2D eigenvalue weighted by molar-refractivity contribution is 0.0950. The number of nitrogens with one attached hydrogen (secondary N) is 2. The van der Waals surface area contributed by atoms with Crippen molar-refractivity contribution in [1.29, 1.82) is 0 Å². The molecule has 2 atom stereocenters. The molecule has 1 amide bonds. The summed E-state index contributed by atoms with van der Waals surface area (Å²) in [6, 6.07) is 17.8. The Kier molecular flexibility index (Phi) is 7.91. The largest absolute Gasteiger partial charge is 0.379 e. The normalized spacial score (nSPS) is 23.1. The Hall–Kier alpha value is -2.82. The second kappa shape index (κ2) is 11.4. The highest BCUT2D eigenvalue weighted by Crippen LogP contribution is 2.62. The van der Waals surface area contributed by atoms with Gasteiger partial charge in [-0.2, -0.15) is 12.3 Å². The topological polar surface area (TPSA) is 84.5 Å². The molecule has 0 radical (unpaired) electrons. The first-order valence-corrected chi connectivity index (χ1v) is 16.3. The first kappa shape index (κ1) is 29.3. The number of nitrogens with zero attached hydrogens (tertiary/aromatic N) is 1. The molecule has 2 heterocycles. The summed E-state index contributed by atoms with van der Waals surface area (Å²) in [5.41, 5.74) is 2.48. The van der Waals surface area contributed by atoms with E-state index < -0.39 is 21.3 Å². The van der Waals surface area contributed by atoms with Crippen LogP contribution in [0.2, 0.25) is 5.02 Å². The van der Waals surface area contributed by atoms with Gasteiger partial charge in [0.2, 0.25) is 0 Å². The molecule has 3 aromatic rings. The van der Waals surface area contributed by atoms with Crippen molar-refractivity contribution in [3.8, 4) is 0 Å². The van der Waals surface area contributed by atoms with E-state index in [-0.39, 0.29) is 46.3 Å². The van der Waals surface area contributed by atoms with Crippen molar-refractivity contribution in [1.82, 2.24) is 14.5 Å². The average molecular weight is 613 g/mol. The second-order valence-electron chi connectivity index (χ2n) is 11.6. The lowest BCUT2D eigenvalue weighted by Crippen LogP contribution is -2.66. The lowest BCUT2D eigenvalue weighted by Gasteiger charge is -2.45. The van der Waals surface area contributed by atoms with Gasteiger partial charge in [-0.3, -0.25) is 4.79 Å². The predicted octanol–water partition coefficient (Wildman–Crippen LogP) is 5.17. The molecule has 1 aliphatic carbocycles. The van der Waals surface area contributed by atoms with Crippen LogP contribution in [-0.4, -0.2) is 53.7 Å². The summed E-state index contributed by atoms with van der Waals surface area (Å²) in [5, 5.41) is 7.03. The number of hydrogen-bond donors (Lipinski definition) is 2. The summed E-state index contributed by atoms with van der Waals surface area (Å²) in [5.74, 6) is -0.520. The molecule has 0 bridgehead atoms. The number of piperidine rings is 1. The minimum absolute atomic E-state index is 0.0872. The number of rotatable bonds is 9. The van der Waals surface area contributed by atoms with Crippen LogP contribution in [0.5, 0.6) is 0 Å². The van der Waals surface area contributed by atoms with Crippen LogP contribution >= 0.6 is 11.6 Å². The number of sulfonamides is 1. The van der Waals surface area contributed by atoms with E-state index in [4.69, 9.17) is 16.3 Å². The number of carbonyl (C=O) groups is 1. The molecular formula is C32H36ClFN3O4S+. The molecule has 3 aromatic carbocycles. The lowest BCUT2D eigenvalue weighted by atomic mass is 9.68. The van der Waals surface area contributed by atoms with Gasteiger partial charge in [0.15, 0.2) is 5.69 Å². The van der Waals surface area contributed by atoms with E-state index in [1.807, 2.05) is 30.3 Å². The third kappa shape index (κ3) is 4.75. The summed E-state index contributed by atoms with van der Waals surface area (Å²) in [7, 11) is -2.48. The van der Waals surface area contributed by atoms with Crippen LogP contribution < -0.4 is 14.5 Å². The molecule has 3 aliphatic rings. The molecule has 1 saturated heterocycles. The Morgan fingerprint density at radius 3 is 2.48 bits per heavy atom. The number of hydrogen-bond acceptors (Lipinski definition) is 5. The summed E-state index contributed by atoms with van der Waals surface area (Å²) in [6.07, 6.45) is 3.42. The van der Waals surface area contributed by atoms with Crippen molar-refractivity contribution >= 4 is 33.2 Å². The van der Waals surface area contributed by atoms with Gasteiger partial charge in [0.05, 0.1) is 12.0 Å². The summed E-state index contributed by atoms with van der Waals surface area (Å²) >= 11 is 6.31. The highest BCUT2D eigenvalue weighted by Gasteiger charge is 2.70. The Balaban J connectivity index is 1.50. The van der Waals surface area contributed by atoms with Crippen LogP contribution in [0.4, 0.5) is 10.1 Å². The van der Waals surface area contributed by atoms with Gasteiger partial charge in [-0.05, 0) is 86.8 Å². The fourth-order valence-corrected chi connectivity index (χ4v) is 9.82. The van der Waals surface area contributed by atoms with Crippen molar-refractivity contribution in [2.24, 2.45) is 5.92 Å². The minimum Gasteiger partial charge on any atom is -0.379 e. The van der Waals surface area contributed by atoms with E-state index in [0.29, 0.717) is 16.3 Å². The molecule has 42 heavy (non-hydrogen) atoms. The van der Waals surface area contributed by atoms with Gasteiger partial charge in [-0.15, -0.1) is 0 Å². The van der Waals surface area contributed by atoms with E-state index in [1.54, 1.807) is 19.2 Å². The van der Waals surface area contributed by atoms with E-state index in [9.17, 15) is 17.6 Å². The van der Waals surface area contributed by atoms with Crippen molar-refractivity contribution in [3.63, 3.8) is 0 Å². The molecule has 1 saturated carbocycles. The quantitative estimate of drug-likeness (QED) is 0.326. The maximum Gasteiger partial charge on any atom is 0.332 e. The molecule has 2 aliphatic heterocycles. The van der Waals surface area contributed by atoms with Gasteiger partial charge >= 0.3 is 10.0 Å². The third-order valence-electron chi connectivity index (χ3n) is 9.35. The van der Waals surface area contributed by atoms with Crippen LogP contribution in [0.3, 0.4) is 0 Å². The summed E-state index contributed by atoms with van der Waals surface area (Å²) in [4.78, 5) is 13.6. The number of fused-ring (bicyclic) bond motifs is 2. The highest BCUT2D eigenvalue weighted by molar-refractivity contribution is 7.91. The van der Waals surface area contributed by atoms with E-state index in [0.717, 1.165) is 49.9 Å². The van der Waals surface area contributed by atoms with Crippen LogP contribution in [0.15, 0.2) is 71.6 Å². The minimum atomic E-state index is -4.06. The highest BCUT2D eigenvalue weighted by atomic mass is 35.5. The SMILES string of the molecule is COCC[N+]1(S(=O)(=O)c2ccc(F)cc2)c2ccc(C(=O)NCc3ccccc3Cl)cc2C2(CCNCC2)C1C1CC1. The molecule has 7 nitrogen and oxygen atoms in total. The smallest absolute Gasteiger partial charge is 0.332 e. The first-order chi connectivity index (χ1) is 20.2. The number of halogens is 2. The van der Waals surface area contributed by atoms with Crippen LogP contribution in [0.25, 0.3) is 0 Å². The third-order valence-corrected chi connectivity index (χ3v) is 12.0. The van der Waals surface area contributed by atoms with Crippen LogP contribution in [0.1, 0.15) is 47.2 Å². The van der Waals surface area contributed by atoms with Gasteiger partial charge in [-0.25, -0.2) is 4.39 Å². The van der Waals surface area contributed by atoms with Crippen molar-refractivity contribution < 1.29 is 22.3 Å². The van der Waals surface area contributed by atoms with E-state index in [2.05, 4.69) is 10.6 Å². The molecule has 0 aromatic heterocycles. The number of amides is 1. The van der Waals surface area contributed by atoms with Crippen LogP contribution in [-0.2, 0) is 26.7 Å². The average Bonchev–Trinajstić information content (AvgIpc) is 3.80. The molecule has 2 unspecified atom stereocenters. The predicted molar refractivity (Wildman–Crippen MR) is 161 cm³/mol. The Morgan fingerprint density at radius 1 is 1.10 bits per heavy atom. The second-order valence-corrected chi connectivity index (χ2v) is 14.1. The zero-order valence-corrected chi connectivity index (χ0v) is 25.2. The molecule has 6 rings (SSSR count). The standard InChI is InChI=1S/C32H35ClFN3O4S/c1-41-19-18-37(42(39,40)26-11-9-25(34)10-12-26)29-13-8-23(31(38)36-21-24-4-2-3-5-28(24)33)20-27(29)32(14-16-35-17-15-32)30(37)22-6-7-22/h2-5,8-13,20,22,30,35H,6-7,14-19,21H2,1H3/p+1. The molecule has 2 fully saturated rings. The van der Waals surface area contributed by atoms with Crippen molar-refractivity contribution in [2.75, 3.05) is 33.4 Å². The van der Waals surface area contributed by atoms with Gasteiger partial charge in [0.1, 0.15) is 23.3 Å². The summed E-state index contributed by atoms with van der Waals surface area (Å²) < 4.78 is 49.0. The van der Waals surface area contributed by atoms with Crippen molar-refractivity contribution in [3.05, 3.63) is 94.3 Å². The zero-order valence-electron chi connectivity index (χ0n) is 23.6. The Bertz CT molecular complexity index is 1590. The maximum atomic E-state index is 14.9. The molecule has 2 N–H and O–H groups in total. The fourth-order valence-electron chi connectivity index (χ4n) is 7.36. The maximum absolute atomic E-state index is 14.9. The van der Waals surface area contributed by atoms with E-state index in [1.165, 1.54) is 24.3 Å². The van der Waals surface area contributed by atoms with Crippen molar-refractivity contribution in [2.45, 2.75) is 48.6 Å². The molecule has 1 spiro atoms. The van der Waals surface area contributed by atoms with Gasteiger partial charge in [0, 0.05) is 41.8 Å². The zero-order chi connectivity index (χ0) is 29.5. The Morgan fingerprint density at radius 2 is 1.81 bits per heavy atom. The van der Waals surface area contributed by atoms with Gasteiger partial charge in [-0.1, -0.05) is 29.8 Å². The summed E-state index contributed by atoms with van der Waals surface area (Å²) in [6.45, 7) is 2.25. The van der Waals surface area contributed by atoms with Gasteiger partial charge < -0.3 is 15.4 Å². The van der Waals surface area contributed by atoms with E-state index >= 15 is 0 Å². The number of carbonyl (C=O) groups excluding carboxylic acids is 1. The number of ether oxygens (including phenoxy) is 1. The van der Waals surface area contributed by atoms with Crippen LogP contribution in [0, 0.1) is 11.7 Å². The van der Waals surface area contributed by atoms with Gasteiger partial charge in [0.25, 0.3) is 5.91 Å². The number of benzene rings is 3. The molecular weight excluding hydrogens is 577 g/mol. The number of quaternary nitrogens is 1. The first-order valence-electron chi connectivity index (χ1n) is 14.5. The number of methoxy groups -OCH3 is 1. The molecule has 222 valence electrons.